The Morgan fingerprint density at radius 2 is 2.16 bits per heavy atom. The smallest absolute Gasteiger partial charge is 0.311 e. The van der Waals surface area contributed by atoms with Crippen molar-refractivity contribution < 1.29 is 14.5 Å². The molecule has 0 aromatic heterocycles. The van der Waals surface area contributed by atoms with Crippen LogP contribution in [0.25, 0.3) is 0 Å². The Kier molecular flexibility index (Phi) is 4.44. The number of amides is 1. The zero-order valence-electron chi connectivity index (χ0n) is 10.9. The van der Waals surface area contributed by atoms with Gasteiger partial charge in [0.2, 0.25) is 5.91 Å². The molecule has 0 aliphatic heterocycles. The van der Waals surface area contributed by atoms with Gasteiger partial charge in [0.1, 0.15) is 0 Å². The normalized spacial score (nSPS) is 13.6. The summed E-state index contributed by atoms with van der Waals surface area (Å²) in [5.74, 6) is -0.495. The molecule has 104 valence electrons. The van der Waals surface area contributed by atoms with Crippen LogP contribution < -0.4 is 16.2 Å². The van der Waals surface area contributed by atoms with Gasteiger partial charge in [-0.05, 0) is 25.5 Å². The molecule has 0 spiro atoms. The van der Waals surface area contributed by atoms with E-state index in [1.807, 2.05) is 0 Å². The molecule has 1 atom stereocenters. The number of nitro benzene ring substituents is 1. The Bertz CT molecular complexity index is 500. The molecule has 1 amide bonds. The van der Waals surface area contributed by atoms with Gasteiger partial charge in [-0.25, -0.2) is 0 Å². The van der Waals surface area contributed by atoms with Gasteiger partial charge in [0.25, 0.3) is 0 Å². The second kappa shape index (κ2) is 5.66. The number of hydrogen-bond donors (Lipinski definition) is 2. The van der Waals surface area contributed by atoms with Gasteiger partial charge in [0.05, 0.1) is 17.1 Å². The van der Waals surface area contributed by atoms with E-state index in [0.29, 0.717) is 0 Å². The number of carbonyl (C=O) groups excluding carboxylic acids is 1. The third-order valence-electron chi connectivity index (χ3n) is 2.75. The Morgan fingerprint density at radius 1 is 1.53 bits per heavy atom. The van der Waals surface area contributed by atoms with E-state index in [-0.39, 0.29) is 24.5 Å². The molecule has 1 rings (SSSR count). The lowest BCUT2D eigenvalue weighted by Gasteiger charge is -2.20. The third-order valence-corrected chi connectivity index (χ3v) is 2.75. The van der Waals surface area contributed by atoms with Crippen molar-refractivity contribution in [2.45, 2.75) is 25.8 Å². The van der Waals surface area contributed by atoms with E-state index in [1.165, 1.54) is 19.1 Å². The Hall–Kier alpha value is -2.15. The molecule has 0 bridgehead atoms. The number of ether oxygens (including phenoxy) is 1. The molecule has 7 heteroatoms. The highest BCUT2D eigenvalue weighted by Crippen LogP contribution is 2.28. The lowest BCUT2D eigenvalue weighted by Crippen LogP contribution is -2.50. The van der Waals surface area contributed by atoms with Gasteiger partial charge in [-0.2, -0.15) is 0 Å². The lowest BCUT2D eigenvalue weighted by atomic mass is 9.99. The van der Waals surface area contributed by atoms with Gasteiger partial charge in [-0.3, -0.25) is 14.9 Å². The summed E-state index contributed by atoms with van der Waals surface area (Å²) in [6, 6.07) is 4.65. The summed E-state index contributed by atoms with van der Waals surface area (Å²) in [6.07, 6.45) is 0.174. The first-order valence-corrected chi connectivity index (χ1v) is 5.70. The maximum Gasteiger partial charge on any atom is 0.311 e. The second-order valence-electron chi connectivity index (χ2n) is 4.61. The fourth-order valence-corrected chi connectivity index (χ4v) is 1.39. The van der Waals surface area contributed by atoms with E-state index in [4.69, 9.17) is 16.2 Å². The number of nitrogens with two attached hydrogens (primary N) is 2. The molecular formula is C12H17N3O4. The van der Waals surface area contributed by atoms with Crippen molar-refractivity contribution in [2.24, 2.45) is 11.5 Å². The Morgan fingerprint density at radius 3 is 2.68 bits per heavy atom. The van der Waals surface area contributed by atoms with Crippen molar-refractivity contribution in [3.8, 4) is 5.75 Å². The molecule has 19 heavy (non-hydrogen) atoms. The van der Waals surface area contributed by atoms with Crippen LogP contribution in [0.2, 0.25) is 0 Å². The van der Waals surface area contributed by atoms with Crippen LogP contribution in [0.5, 0.6) is 5.75 Å². The summed E-state index contributed by atoms with van der Waals surface area (Å²) >= 11 is 0. The first-order valence-electron chi connectivity index (χ1n) is 5.70. The number of primary amides is 1. The summed E-state index contributed by atoms with van der Waals surface area (Å²) in [4.78, 5) is 21.4. The molecule has 0 fully saturated rings. The second-order valence-corrected chi connectivity index (χ2v) is 4.61. The first kappa shape index (κ1) is 14.9. The van der Waals surface area contributed by atoms with Gasteiger partial charge in [0, 0.05) is 12.5 Å². The molecule has 1 aromatic carbocycles. The molecule has 0 aliphatic carbocycles. The zero-order chi connectivity index (χ0) is 14.6. The molecule has 0 heterocycles. The van der Waals surface area contributed by atoms with Crippen LogP contribution in [-0.4, -0.2) is 23.0 Å². The quantitative estimate of drug-likeness (QED) is 0.585. The molecular weight excluding hydrogens is 250 g/mol. The fraction of sp³-hybridized carbons (Fsp3) is 0.417. The maximum absolute atomic E-state index is 11.0. The fourth-order valence-electron chi connectivity index (χ4n) is 1.39. The van der Waals surface area contributed by atoms with Crippen molar-refractivity contribution in [2.75, 3.05) is 6.61 Å². The van der Waals surface area contributed by atoms with E-state index in [1.54, 1.807) is 13.0 Å². The van der Waals surface area contributed by atoms with E-state index in [0.717, 1.165) is 5.56 Å². The van der Waals surface area contributed by atoms with Gasteiger partial charge < -0.3 is 16.2 Å². The molecule has 1 unspecified atom stereocenters. The predicted octanol–water partition coefficient (Wildman–Crippen LogP) is 0.875. The molecule has 0 radical (unpaired) electrons. The summed E-state index contributed by atoms with van der Waals surface area (Å²) in [6.45, 7) is 3.31. The monoisotopic (exact) mass is 267 g/mol. The van der Waals surface area contributed by atoms with Gasteiger partial charge >= 0.3 is 5.69 Å². The van der Waals surface area contributed by atoms with Gasteiger partial charge in [-0.1, -0.05) is 6.07 Å². The van der Waals surface area contributed by atoms with Gasteiger partial charge in [0.15, 0.2) is 5.75 Å². The molecule has 0 saturated carbocycles. The average molecular weight is 267 g/mol. The number of nitro groups is 1. The lowest BCUT2D eigenvalue weighted by molar-refractivity contribution is -0.385. The largest absolute Gasteiger partial charge is 0.487 e. The Labute approximate surface area is 110 Å². The number of nitrogens with zero attached hydrogens (tertiary/aromatic N) is 1. The number of rotatable bonds is 6. The molecule has 4 N–H and O–H groups in total. The minimum atomic E-state index is -1.19. The highest BCUT2D eigenvalue weighted by molar-refractivity contribution is 5.83. The molecule has 0 aliphatic rings. The minimum absolute atomic E-state index is 0.0693. The van der Waals surface area contributed by atoms with Crippen molar-refractivity contribution in [1.29, 1.82) is 0 Å². The van der Waals surface area contributed by atoms with Crippen LogP contribution >= 0.6 is 0 Å². The van der Waals surface area contributed by atoms with Crippen LogP contribution in [0.4, 0.5) is 5.69 Å². The maximum atomic E-state index is 11.0. The summed E-state index contributed by atoms with van der Waals surface area (Å²) in [5.41, 5.74) is 10.2. The van der Waals surface area contributed by atoms with E-state index in [9.17, 15) is 14.9 Å². The van der Waals surface area contributed by atoms with Crippen LogP contribution in [0.1, 0.15) is 18.9 Å². The summed E-state index contributed by atoms with van der Waals surface area (Å²) < 4.78 is 5.31. The van der Waals surface area contributed by atoms with Crippen molar-refractivity contribution in [3.05, 3.63) is 33.9 Å². The predicted molar refractivity (Wildman–Crippen MR) is 69.7 cm³/mol. The van der Waals surface area contributed by atoms with E-state index >= 15 is 0 Å². The van der Waals surface area contributed by atoms with Crippen LogP contribution in [0, 0.1) is 17.0 Å². The van der Waals surface area contributed by atoms with E-state index in [2.05, 4.69) is 0 Å². The van der Waals surface area contributed by atoms with Crippen molar-refractivity contribution >= 4 is 11.6 Å². The van der Waals surface area contributed by atoms with Crippen molar-refractivity contribution in [1.82, 2.24) is 0 Å². The number of benzene rings is 1. The van der Waals surface area contributed by atoms with E-state index < -0.39 is 16.4 Å². The van der Waals surface area contributed by atoms with Crippen LogP contribution in [0.3, 0.4) is 0 Å². The highest BCUT2D eigenvalue weighted by Gasteiger charge is 2.26. The third kappa shape index (κ3) is 3.92. The van der Waals surface area contributed by atoms with Gasteiger partial charge in [-0.15, -0.1) is 0 Å². The number of hydrogen-bond acceptors (Lipinski definition) is 5. The minimum Gasteiger partial charge on any atom is -0.487 e. The zero-order valence-corrected chi connectivity index (χ0v) is 10.9. The molecule has 7 nitrogen and oxygen atoms in total. The number of carbonyl (C=O) groups is 1. The SMILES string of the molecule is Cc1ccc(OCCC(C)(N)C(N)=O)c([N+](=O)[O-])c1. The Balaban J connectivity index is 2.74. The average Bonchev–Trinajstić information content (AvgIpc) is 2.30. The summed E-state index contributed by atoms with van der Waals surface area (Å²) in [5, 5.41) is 10.9. The van der Waals surface area contributed by atoms with Crippen LogP contribution in [0.15, 0.2) is 18.2 Å². The molecule has 0 saturated heterocycles. The highest BCUT2D eigenvalue weighted by atomic mass is 16.6. The first-order chi connectivity index (χ1) is 8.74. The topological polar surface area (TPSA) is 121 Å². The molecule has 1 aromatic rings. The standard InChI is InChI=1S/C12H17N3O4/c1-8-3-4-10(9(7-8)15(17)18)19-6-5-12(2,14)11(13)16/h3-4,7H,5-6,14H2,1-2H3,(H2,13,16). The summed E-state index contributed by atoms with van der Waals surface area (Å²) in [7, 11) is 0. The van der Waals surface area contributed by atoms with Crippen molar-refractivity contribution in [3.63, 3.8) is 0 Å². The number of aryl methyl sites for hydroxylation is 1. The van der Waals surface area contributed by atoms with Crippen LogP contribution in [-0.2, 0) is 4.79 Å².